The molecule has 1 aliphatic heterocycles. The highest BCUT2D eigenvalue weighted by Crippen LogP contribution is 2.30. The van der Waals surface area contributed by atoms with Crippen molar-refractivity contribution in [1.29, 1.82) is 0 Å². The molecule has 0 saturated heterocycles. The monoisotopic (exact) mass is 275 g/mol. The summed E-state index contributed by atoms with van der Waals surface area (Å²) in [5.41, 5.74) is 7.99. The number of ether oxygens (including phenoxy) is 2. The van der Waals surface area contributed by atoms with Crippen LogP contribution in [0.5, 0.6) is 5.75 Å². The Morgan fingerprint density at radius 1 is 1.45 bits per heavy atom. The van der Waals surface area contributed by atoms with Gasteiger partial charge in [-0.3, -0.25) is 0 Å². The van der Waals surface area contributed by atoms with E-state index in [2.05, 4.69) is 10.1 Å². The maximum absolute atomic E-state index is 5.93. The zero-order chi connectivity index (χ0) is 13.9. The highest BCUT2D eigenvalue weighted by atomic mass is 16.5. The SMILES string of the molecule is CCOCC(N)c1noc(-c2ccc3c(c2)CCO3)n1. The highest BCUT2D eigenvalue weighted by molar-refractivity contribution is 5.58. The van der Waals surface area contributed by atoms with E-state index < -0.39 is 0 Å². The van der Waals surface area contributed by atoms with E-state index in [9.17, 15) is 0 Å². The van der Waals surface area contributed by atoms with Gasteiger partial charge in [0.2, 0.25) is 0 Å². The summed E-state index contributed by atoms with van der Waals surface area (Å²) >= 11 is 0. The first-order chi connectivity index (χ1) is 9.78. The Morgan fingerprint density at radius 2 is 2.35 bits per heavy atom. The lowest BCUT2D eigenvalue weighted by molar-refractivity contribution is 0.130. The lowest BCUT2D eigenvalue weighted by atomic mass is 10.1. The van der Waals surface area contributed by atoms with Gasteiger partial charge in [0, 0.05) is 18.6 Å². The number of nitrogens with two attached hydrogens (primary N) is 1. The minimum absolute atomic E-state index is 0.370. The van der Waals surface area contributed by atoms with E-state index in [1.54, 1.807) is 0 Å². The number of aromatic nitrogens is 2. The second-order valence-corrected chi connectivity index (χ2v) is 4.64. The van der Waals surface area contributed by atoms with Gasteiger partial charge < -0.3 is 19.7 Å². The van der Waals surface area contributed by atoms with Crippen molar-refractivity contribution in [3.05, 3.63) is 29.6 Å². The molecular formula is C14H17N3O3. The van der Waals surface area contributed by atoms with Crippen LogP contribution < -0.4 is 10.5 Å². The number of hydrogen-bond donors (Lipinski definition) is 1. The Kier molecular flexibility index (Phi) is 3.66. The summed E-state index contributed by atoms with van der Waals surface area (Å²) in [4.78, 5) is 4.34. The van der Waals surface area contributed by atoms with E-state index in [1.807, 2.05) is 25.1 Å². The van der Waals surface area contributed by atoms with E-state index in [4.69, 9.17) is 19.7 Å². The van der Waals surface area contributed by atoms with E-state index >= 15 is 0 Å². The van der Waals surface area contributed by atoms with E-state index in [-0.39, 0.29) is 6.04 Å². The van der Waals surface area contributed by atoms with Crippen molar-refractivity contribution in [1.82, 2.24) is 10.1 Å². The second-order valence-electron chi connectivity index (χ2n) is 4.64. The zero-order valence-electron chi connectivity index (χ0n) is 11.3. The molecule has 1 unspecified atom stereocenters. The number of rotatable bonds is 5. The van der Waals surface area contributed by atoms with E-state index in [1.165, 1.54) is 5.56 Å². The molecule has 1 aromatic carbocycles. The summed E-state index contributed by atoms with van der Waals surface area (Å²) in [7, 11) is 0. The van der Waals surface area contributed by atoms with Crippen LogP contribution in [0.3, 0.4) is 0 Å². The smallest absolute Gasteiger partial charge is 0.257 e. The average molecular weight is 275 g/mol. The Morgan fingerprint density at radius 3 is 3.20 bits per heavy atom. The molecular weight excluding hydrogens is 258 g/mol. The molecule has 0 bridgehead atoms. The lowest BCUT2D eigenvalue weighted by Crippen LogP contribution is -2.18. The molecule has 2 heterocycles. The van der Waals surface area contributed by atoms with Crippen LogP contribution in [-0.2, 0) is 11.2 Å². The molecule has 1 aliphatic rings. The van der Waals surface area contributed by atoms with Crippen molar-refractivity contribution < 1.29 is 14.0 Å². The minimum atomic E-state index is -0.370. The van der Waals surface area contributed by atoms with Gasteiger partial charge in [-0.2, -0.15) is 4.98 Å². The quantitative estimate of drug-likeness (QED) is 0.894. The number of hydrogen-bond acceptors (Lipinski definition) is 6. The van der Waals surface area contributed by atoms with Crippen LogP contribution in [0.1, 0.15) is 24.4 Å². The molecule has 1 atom stereocenters. The second kappa shape index (κ2) is 5.60. The van der Waals surface area contributed by atoms with Gasteiger partial charge in [-0.15, -0.1) is 0 Å². The Bertz CT molecular complexity index is 597. The topological polar surface area (TPSA) is 83.4 Å². The first-order valence-electron chi connectivity index (χ1n) is 6.71. The third-order valence-corrected chi connectivity index (χ3v) is 3.21. The summed E-state index contributed by atoms with van der Waals surface area (Å²) in [6.07, 6.45) is 0.911. The predicted molar refractivity (Wildman–Crippen MR) is 72.4 cm³/mol. The molecule has 6 nitrogen and oxygen atoms in total. The van der Waals surface area contributed by atoms with Crippen molar-refractivity contribution in [2.75, 3.05) is 19.8 Å². The number of benzene rings is 1. The van der Waals surface area contributed by atoms with Crippen LogP contribution in [0, 0.1) is 0 Å². The van der Waals surface area contributed by atoms with Gasteiger partial charge in [-0.1, -0.05) is 5.16 Å². The highest BCUT2D eigenvalue weighted by Gasteiger charge is 2.18. The Hall–Kier alpha value is -1.92. The standard InChI is InChI=1S/C14H17N3O3/c1-2-18-8-11(15)13-16-14(20-17-13)10-3-4-12-9(7-10)5-6-19-12/h3-4,7,11H,2,5-6,8,15H2,1H3. The number of fused-ring (bicyclic) bond motifs is 1. The third kappa shape index (κ3) is 2.52. The molecule has 0 saturated carbocycles. The maximum Gasteiger partial charge on any atom is 0.257 e. The molecule has 20 heavy (non-hydrogen) atoms. The molecule has 0 amide bonds. The van der Waals surface area contributed by atoms with Crippen LogP contribution in [0.25, 0.3) is 11.5 Å². The van der Waals surface area contributed by atoms with E-state index in [0.29, 0.717) is 24.9 Å². The zero-order valence-corrected chi connectivity index (χ0v) is 11.3. The predicted octanol–water partition coefficient (Wildman–Crippen LogP) is 1.71. The van der Waals surface area contributed by atoms with E-state index in [0.717, 1.165) is 24.3 Å². The fourth-order valence-electron chi connectivity index (χ4n) is 2.14. The van der Waals surface area contributed by atoms with Gasteiger partial charge in [0.15, 0.2) is 5.82 Å². The molecule has 3 rings (SSSR count). The van der Waals surface area contributed by atoms with Crippen LogP contribution in [0.2, 0.25) is 0 Å². The van der Waals surface area contributed by atoms with Gasteiger partial charge >= 0.3 is 0 Å². The average Bonchev–Trinajstić information content (AvgIpc) is 3.12. The van der Waals surface area contributed by atoms with Crippen molar-refractivity contribution in [3.8, 4) is 17.2 Å². The van der Waals surface area contributed by atoms with Crippen LogP contribution in [0.15, 0.2) is 22.7 Å². The number of nitrogens with zero attached hydrogens (tertiary/aromatic N) is 2. The fourth-order valence-corrected chi connectivity index (χ4v) is 2.14. The van der Waals surface area contributed by atoms with Crippen molar-refractivity contribution >= 4 is 0 Å². The van der Waals surface area contributed by atoms with Gasteiger partial charge in [-0.25, -0.2) is 0 Å². The van der Waals surface area contributed by atoms with Gasteiger partial charge in [0.1, 0.15) is 5.75 Å². The first kappa shape index (κ1) is 13.1. The molecule has 0 aliphatic carbocycles. The Balaban J connectivity index is 1.79. The fraction of sp³-hybridized carbons (Fsp3) is 0.429. The van der Waals surface area contributed by atoms with Crippen LogP contribution in [0.4, 0.5) is 0 Å². The molecule has 6 heteroatoms. The summed E-state index contributed by atoms with van der Waals surface area (Å²) < 4.78 is 16.0. The Labute approximate surface area is 116 Å². The molecule has 106 valence electrons. The lowest BCUT2D eigenvalue weighted by Gasteiger charge is -2.05. The van der Waals surface area contributed by atoms with Crippen molar-refractivity contribution in [3.63, 3.8) is 0 Å². The molecule has 0 radical (unpaired) electrons. The third-order valence-electron chi connectivity index (χ3n) is 3.21. The summed E-state index contributed by atoms with van der Waals surface area (Å²) in [6.45, 7) is 3.64. The molecule has 0 fully saturated rings. The largest absolute Gasteiger partial charge is 0.493 e. The first-order valence-corrected chi connectivity index (χ1v) is 6.71. The summed E-state index contributed by atoms with van der Waals surface area (Å²) in [5, 5.41) is 3.92. The van der Waals surface area contributed by atoms with Crippen molar-refractivity contribution in [2.45, 2.75) is 19.4 Å². The van der Waals surface area contributed by atoms with Crippen molar-refractivity contribution in [2.24, 2.45) is 5.73 Å². The van der Waals surface area contributed by atoms with Gasteiger partial charge in [-0.05, 0) is 30.7 Å². The minimum Gasteiger partial charge on any atom is -0.493 e. The van der Waals surface area contributed by atoms with Crippen LogP contribution in [-0.4, -0.2) is 30.0 Å². The summed E-state index contributed by atoms with van der Waals surface area (Å²) in [6, 6.07) is 5.50. The van der Waals surface area contributed by atoms with Gasteiger partial charge in [0.05, 0.1) is 19.3 Å². The molecule has 2 N–H and O–H groups in total. The molecule has 0 spiro atoms. The van der Waals surface area contributed by atoms with Gasteiger partial charge in [0.25, 0.3) is 5.89 Å². The molecule has 1 aromatic heterocycles. The van der Waals surface area contributed by atoms with Crippen LogP contribution >= 0.6 is 0 Å². The normalized spacial score (nSPS) is 14.9. The maximum atomic E-state index is 5.93. The molecule has 2 aromatic rings. The summed E-state index contributed by atoms with van der Waals surface area (Å²) in [5.74, 6) is 1.87.